The number of rotatable bonds is 7. The van der Waals surface area contributed by atoms with E-state index in [9.17, 15) is 14.4 Å². The molecule has 0 spiro atoms. The van der Waals surface area contributed by atoms with Crippen LogP contribution in [0.15, 0.2) is 12.2 Å². The molecule has 1 N–H and O–H groups in total. The molecule has 0 heterocycles. The van der Waals surface area contributed by atoms with E-state index in [1.165, 1.54) is 12.2 Å². The summed E-state index contributed by atoms with van der Waals surface area (Å²) in [6.45, 7) is 3.48. The lowest BCUT2D eigenvalue weighted by Crippen LogP contribution is -2.36. The van der Waals surface area contributed by atoms with Crippen molar-refractivity contribution in [1.29, 1.82) is 0 Å². The number of carbonyl (C=O) groups is 3. The molecular weight excluding hydrogens is 268 g/mol. The number of allylic oxidation sites excluding steroid dienone is 1. The van der Waals surface area contributed by atoms with E-state index in [1.807, 2.05) is 6.92 Å². The summed E-state index contributed by atoms with van der Waals surface area (Å²) in [4.78, 5) is 35.4. The molecule has 0 bridgehead atoms. The quantitative estimate of drug-likeness (QED) is 0.572. The van der Waals surface area contributed by atoms with Crippen molar-refractivity contribution in [2.24, 2.45) is 11.8 Å². The highest BCUT2D eigenvalue weighted by molar-refractivity contribution is 5.90. The van der Waals surface area contributed by atoms with Gasteiger partial charge in [-0.15, -0.1) is 0 Å². The second kappa shape index (κ2) is 9.32. The molecule has 0 unspecified atom stereocenters. The summed E-state index contributed by atoms with van der Waals surface area (Å²) < 4.78 is 0. The molecule has 0 aromatic heterocycles. The number of carbonyl (C=O) groups excluding carboxylic acids is 3. The highest BCUT2D eigenvalue weighted by atomic mass is 16.2. The van der Waals surface area contributed by atoms with Crippen LogP contribution in [0.2, 0.25) is 0 Å². The van der Waals surface area contributed by atoms with Crippen LogP contribution in [0, 0.1) is 11.8 Å². The van der Waals surface area contributed by atoms with Gasteiger partial charge in [0, 0.05) is 32.1 Å². The monoisotopic (exact) mass is 294 g/mol. The Bertz CT molecular complexity index is 385. The normalized spacial score (nSPS) is 22.0. The van der Waals surface area contributed by atoms with Crippen molar-refractivity contribution in [3.05, 3.63) is 12.2 Å². The molecule has 0 radical (unpaired) electrons. The Morgan fingerprint density at radius 2 is 1.90 bits per heavy atom. The van der Waals surface area contributed by atoms with Crippen LogP contribution in [-0.2, 0) is 14.4 Å². The van der Waals surface area contributed by atoms with E-state index in [0.717, 1.165) is 38.6 Å². The van der Waals surface area contributed by atoms with Gasteiger partial charge in [0.25, 0.3) is 0 Å². The first-order chi connectivity index (χ1) is 10.1. The van der Waals surface area contributed by atoms with Gasteiger partial charge in [-0.05, 0) is 44.1 Å². The number of amides is 2. The molecule has 1 rings (SSSR count). The third kappa shape index (κ3) is 6.10. The zero-order chi connectivity index (χ0) is 15.7. The Hall–Kier alpha value is -1.65. The molecule has 2 amide bonds. The predicted octanol–water partition coefficient (Wildman–Crippen LogP) is 1.53. The molecule has 0 aromatic rings. The summed E-state index contributed by atoms with van der Waals surface area (Å²) in [6.07, 6.45) is 7.80. The predicted molar refractivity (Wildman–Crippen MR) is 81.6 cm³/mol. The summed E-state index contributed by atoms with van der Waals surface area (Å²) in [5, 5.41) is 2.95. The van der Waals surface area contributed by atoms with Gasteiger partial charge in [-0.2, -0.15) is 0 Å². The molecule has 5 heteroatoms. The first-order valence-corrected chi connectivity index (χ1v) is 7.73. The largest absolute Gasteiger partial charge is 0.356 e. The minimum atomic E-state index is -0.148. The number of hydrogen-bond donors (Lipinski definition) is 1. The van der Waals surface area contributed by atoms with Gasteiger partial charge in [-0.25, -0.2) is 0 Å². The lowest BCUT2D eigenvalue weighted by molar-refractivity contribution is -0.128. The third-order valence-corrected chi connectivity index (χ3v) is 3.99. The Labute approximate surface area is 126 Å². The van der Waals surface area contributed by atoms with E-state index in [0.29, 0.717) is 18.7 Å². The topological polar surface area (TPSA) is 66.5 Å². The van der Waals surface area contributed by atoms with Crippen molar-refractivity contribution in [2.75, 3.05) is 20.1 Å². The van der Waals surface area contributed by atoms with Crippen LogP contribution in [0.25, 0.3) is 0 Å². The summed E-state index contributed by atoms with van der Waals surface area (Å²) in [5.74, 6) is 0.598. The molecule has 0 aliphatic heterocycles. The molecular formula is C16H26N2O3. The zero-order valence-electron chi connectivity index (χ0n) is 13.0. The number of nitrogens with zero attached hydrogens (tertiary/aromatic N) is 1. The minimum absolute atomic E-state index is 0.128. The molecule has 118 valence electrons. The van der Waals surface area contributed by atoms with Gasteiger partial charge in [0.05, 0.1) is 0 Å². The van der Waals surface area contributed by atoms with Crippen LogP contribution in [0.5, 0.6) is 0 Å². The summed E-state index contributed by atoms with van der Waals surface area (Å²) in [5.41, 5.74) is 0. The summed E-state index contributed by atoms with van der Waals surface area (Å²) in [6, 6.07) is 0. The van der Waals surface area contributed by atoms with Gasteiger partial charge in [-0.3, -0.25) is 14.4 Å². The van der Waals surface area contributed by atoms with E-state index in [1.54, 1.807) is 11.9 Å². The molecule has 1 aliphatic carbocycles. The van der Waals surface area contributed by atoms with Crippen molar-refractivity contribution in [3.63, 3.8) is 0 Å². The van der Waals surface area contributed by atoms with E-state index < -0.39 is 0 Å². The van der Waals surface area contributed by atoms with Crippen LogP contribution in [-0.4, -0.2) is 43.1 Å². The van der Waals surface area contributed by atoms with Gasteiger partial charge in [0.1, 0.15) is 6.29 Å². The number of aldehydes is 1. The van der Waals surface area contributed by atoms with Gasteiger partial charge in [-0.1, -0.05) is 6.92 Å². The maximum atomic E-state index is 11.9. The first-order valence-electron chi connectivity index (χ1n) is 7.73. The van der Waals surface area contributed by atoms with Crippen LogP contribution in [0.4, 0.5) is 0 Å². The standard InChI is InChI=1S/C16H26N2O3/c1-3-10-17-16(21)14-8-6-13(7-9-14)12-18(2)15(20)5-4-11-19/h4-5,11,13-14H,3,6-10,12H2,1-2H3,(H,17,21)/b5-4-. The first kappa shape index (κ1) is 17.4. The van der Waals surface area contributed by atoms with Gasteiger partial charge >= 0.3 is 0 Å². The molecule has 1 saturated carbocycles. The van der Waals surface area contributed by atoms with Crippen molar-refractivity contribution >= 4 is 18.1 Å². The van der Waals surface area contributed by atoms with Crippen molar-refractivity contribution in [3.8, 4) is 0 Å². The average molecular weight is 294 g/mol. The maximum absolute atomic E-state index is 11.9. The second-order valence-electron chi connectivity index (χ2n) is 5.72. The third-order valence-electron chi connectivity index (χ3n) is 3.99. The van der Waals surface area contributed by atoms with Crippen LogP contribution < -0.4 is 5.32 Å². The summed E-state index contributed by atoms with van der Waals surface area (Å²) in [7, 11) is 1.75. The number of nitrogens with one attached hydrogen (secondary N) is 1. The van der Waals surface area contributed by atoms with Crippen molar-refractivity contribution < 1.29 is 14.4 Å². The van der Waals surface area contributed by atoms with Crippen molar-refractivity contribution in [2.45, 2.75) is 39.0 Å². The average Bonchev–Trinajstić information content (AvgIpc) is 2.50. The maximum Gasteiger partial charge on any atom is 0.246 e. The Balaban J connectivity index is 2.32. The lowest BCUT2D eigenvalue weighted by Gasteiger charge is -2.30. The molecule has 0 aromatic carbocycles. The fourth-order valence-corrected chi connectivity index (χ4v) is 2.73. The fourth-order valence-electron chi connectivity index (χ4n) is 2.73. The van der Waals surface area contributed by atoms with E-state index in [-0.39, 0.29) is 17.7 Å². The van der Waals surface area contributed by atoms with Gasteiger partial charge < -0.3 is 10.2 Å². The fraction of sp³-hybridized carbons (Fsp3) is 0.688. The smallest absolute Gasteiger partial charge is 0.246 e. The van der Waals surface area contributed by atoms with Gasteiger partial charge in [0.2, 0.25) is 11.8 Å². The molecule has 21 heavy (non-hydrogen) atoms. The van der Waals surface area contributed by atoms with Crippen LogP contribution in [0.1, 0.15) is 39.0 Å². The Morgan fingerprint density at radius 1 is 1.24 bits per heavy atom. The van der Waals surface area contributed by atoms with E-state index >= 15 is 0 Å². The highest BCUT2D eigenvalue weighted by Crippen LogP contribution is 2.29. The number of hydrogen-bond acceptors (Lipinski definition) is 3. The minimum Gasteiger partial charge on any atom is -0.356 e. The number of likely N-dealkylation sites (N-methyl/N-ethyl adjacent to an activating group) is 1. The molecule has 1 fully saturated rings. The molecule has 5 nitrogen and oxygen atoms in total. The summed E-state index contributed by atoms with van der Waals surface area (Å²) >= 11 is 0. The SMILES string of the molecule is CCCNC(=O)C1CCC(CN(C)C(=O)/C=C\C=O)CC1. The highest BCUT2D eigenvalue weighted by Gasteiger charge is 2.27. The van der Waals surface area contributed by atoms with Gasteiger partial charge in [0.15, 0.2) is 0 Å². The Morgan fingerprint density at radius 3 is 2.48 bits per heavy atom. The van der Waals surface area contributed by atoms with Crippen molar-refractivity contribution in [1.82, 2.24) is 10.2 Å². The van der Waals surface area contributed by atoms with E-state index in [2.05, 4.69) is 5.32 Å². The van der Waals surface area contributed by atoms with Crippen LogP contribution >= 0.6 is 0 Å². The van der Waals surface area contributed by atoms with Crippen LogP contribution in [0.3, 0.4) is 0 Å². The van der Waals surface area contributed by atoms with E-state index in [4.69, 9.17) is 0 Å². The molecule has 0 saturated heterocycles. The Kier molecular flexibility index (Phi) is 7.72. The lowest BCUT2D eigenvalue weighted by atomic mass is 9.81. The zero-order valence-corrected chi connectivity index (χ0v) is 13.0. The molecule has 0 atom stereocenters. The molecule has 1 aliphatic rings. The second-order valence-corrected chi connectivity index (χ2v) is 5.72.